The molecule has 3 N–H and O–H groups in total. The first-order valence-corrected chi connectivity index (χ1v) is 29.0. The molecule has 5 aromatic carbocycles. The van der Waals surface area contributed by atoms with Gasteiger partial charge in [-0.3, -0.25) is 0 Å². The number of benzene rings is 6. The quantitative estimate of drug-likeness (QED) is 0.0126. The number of alkyl carbamates (subject to hydrolysis) is 1. The van der Waals surface area contributed by atoms with Gasteiger partial charge in [0.2, 0.25) is 0 Å². The van der Waals surface area contributed by atoms with Crippen LogP contribution in [0, 0.1) is 23.3 Å². The van der Waals surface area contributed by atoms with Crippen molar-refractivity contribution < 1.29 is 57.9 Å². The highest BCUT2D eigenvalue weighted by Gasteiger charge is 2.37. The van der Waals surface area contributed by atoms with E-state index >= 15 is 17.6 Å². The van der Waals surface area contributed by atoms with Crippen LogP contribution in [-0.4, -0.2) is 54.4 Å². The van der Waals surface area contributed by atoms with E-state index in [1.165, 1.54) is 29.3 Å². The maximum atomic E-state index is 15.8. The summed E-state index contributed by atoms with van der Waals surface area (Å²) >= 11 is 0.153. The number of amides is 1. The van der Waals surface area contributed by atoms with Gasteiger partial charge in [-0.2, -0.15) is 0 Å². The van der Waals surface area contributed by atoms with Gasteiger partial charge in [-0.1, -0.05) is 117 Å². The molecule has 0 saturated heterocycles. The predicted molar refractivity (Wildman–Crippen MR) is 296 cm³/mol. The highest BCUT2D eigenvalue weighted by Crippen LogP contribution is 2.45. The van der Waals surface area contributed by atoms with Gasteiger partial charge < -0.3 is 24.5 Å². The lowest BCUT2D eigenvalue weighted by atomic mass is 9.92. The number of anilines is 2. The van der Waals surface area contributed by atoms with E-state index in [9.17, 15) is 26.4 Å². The van der Waals surface area contributed by atoms with Crippen molar-refractivity contribution in [3.8, 4) is 22.5 Å². The van der Waals surface area contributed by atoms with E-state index in [0.29, 0.717) is 22.0 Å². The zero-order valence-corrected chi connectivity index (χ0v) is 46.9. The number of rotatable bonds is 20. The second kappa shape index (κ2) is 24.3. The Morgan fingerprint density at radius 2 is 1.27 bits per heavy atom. The minimum Gasteiger partial charge on any atom is -0.460 e. The van der Waals surface area contributed by atoms with Crippen molar-refractivity contribution in [3.05, 3.63) is 160 Å². The molecule has 78 heavy (non-hydrogen) atoms. The number of para-hydroxylation sites is 2. The molecule has 1 aliphatic carbocycles. The van der Waals surface area contributed by atoms with E-state index in [1.807, 2.05) is 24.3 Å². The summed E-state index contributed by atoms with van der Waals surface area (Å²) in [6.45, 7) is 20.6. The molecule has 0 spiro atoms. The monoisotopic (exact) mass is 1130 g/mol. The first kappa shape index (κ1) is 58.7. The molecule has 2 aliphatic rings. The maximum Gasteiger partial charge on any atom is 0.407 e. The molecule has 5 aromatic rings. The fraction of sp³-hybridized carbons (Fsp3) is 0.293. The van der Waals surface area contributed by atoms with E-state index < -0.39 is 82.4 Å². The Kier molecular flexibility index (Phi) is 18.3. The van der Waals surface area contributed by atoms with Crippen LogP contribution in [0.1, 0.15) is 108 Å². The van der Waals surface area contributed by atoms with Gasteiger partial charge >= 0.3 is 12.1 Å². The number of sulfonamides is 2. The molecule has 0 saturated carbocycles. The zero-order chi connectivity index (χ0) is 57.0. The van der Waals surface area contributed by atoms with Crippen molar-refractivity contribution in [1.29, 1.82) is 0 Å². The summed E-state index contributed by atoms with van der Waals surface area (Å²) in [5.74, 6) is -9.42. The lowest BCUT2D eigenvalue weighted by Crippen LogP contribution is -2.33. The summed E-state index contributed by atoms with van der Waals surface area (Å²) in [5, 5.41) is 6.77. The average molecular weight is 1130 g/mol. The standard InChI is InChI=1S/C58H60F4N4O9S3/c1-31(2)38-16-13-17-39(32(3)4)53(38)64-36-21-23-42-45(29-36)75-46-30-37(65-54-40(33(5)6)18-14-19-41(54)34(7)8)22-24-43(46)48(42)44-15-11-12-20-47(44)77(69,70)66-78(71,72)56-51(61)49(59)55(50(60)52(56)62)76-28-27-74-58(68)63-25-26-73-57(67)35(9)10/h11-24,29-34,64,66H,9,25-28H2,1-8,10H3,(H,63,68). The Morgan fingerprint density at radius 1 is 0.679 bits per heavy atom. The Hall–Kier alpha value is -7.00. The number of nitrogens with zero attached hydrogens (tertiary/aromatic N) is 1. The van der Waals surface area contributed by atoms with Crippen LogP contribution in [0.2, 0.25) is 0 Å². The summed E-state index contributed by atoms with van der Waals surface area (Å²) in [6, 6.07) is 28.0. The molecule has 1 amide bonds. The van der Waals surface area contributed by atoms with E-state index in [1.54, 1.807) is 36.4 Å². The number of carbonyl (C=O) groups excluding carboxylic acids is 2. The molecule has 0 fully saturated rings. The van der Waals surface area contributed by atoms with Crippen LogP contribution in [0.4, 0.5) is 39.4 Å². The third kappa shape index (κ3) is 12.8. The van der Waals surface area contributed by atoms with Gasteiger partial charge in [0.25, 0.3) is 20.0 Å². The predicted octanol–water partition coefficient (Wildman–Crippen LogP) is 13.8. The SMILES string of the molecule is C=C(C)C(=O)OCCNC(=O)OCCSc1c(F)c(F)c(S(=O)(=O)NS(=O)(=O)c2ccccc2-c2c3ccc(=Nc4c(C(C)C)cccc4C(C)C)cc-3oc3cc(Nc4c(C(C)C)cccc4C(C)C)ccc23)c(F)c1F. The Labute approximate surface area is 456 Å². The van der Waals surface area contributed by atoms with Crippen molar-refractivity contribution in [3.63, 3.8) is 0 Å². The number of halogens is 4. The highest BCUT2D eigenvalue weighted by atomic mass is 32.3. The molecule has 13 nitrogen and oxygen atoms in total. The lowest BCUT2D eigenvalue weighted by molar-refractivity contribution is -0.138. The minimum atomic E-state index is -5.97. The van der Waals surface area contributed by atoms with E-state index in [0.717, 1.165) is 39.7 Å². The van der Waals surface area contributed by atoms with Gasteiger partial charge in [-0.15, -0.1) is 15.9 Å². The number of nitrogens with one attached hydrogen (secondary N) is 3. The van der Waals surface area contributed by atoms with Crippen molar-refractivity contribution in [2.24, 2.45) is 4.99 Å². The molecule has 0 bridgehead atoms. The fourth-order valence-corrected chi connectivity index (χ4v) is 12.8. The maximum absolute atomic E-state index is 15.8. The van der Waals surface area contributed by atoms with E-state index in [-0.39, 0.29) is 76.6 Å². The average Bonchev–Trinajstić information content (AvgIpc) is 3.39. The van der Waals surface area contributed by atoms with Crippen LogP contribution in [0.5, 0.6) is 0 Å². The van der Waals surface area contributed by atoms with Gasteiger partial charge in [-0.25, -0.2) is 49.0 Å². The molecule has 0 unspecified atom stereocenters. The van der Waals surface area contributed by atoms with Gasteiger partial charge in [0, 0.05) is 56.9 Å². The summed E-state index contributed by atoms with van der Waals surface area (Å²) in [5.41, 5.74) is 7.57. The van der Waals surface area contributed by atoms with Crippen molar-refractivity contribution >= 4 is 71.9 Å². The van der Waals surface area contributed by atoms with Crippen LogP contribution in [0.15, 0.2) is 133 Å². The molecule has 1 aliphatic heterocycles. The first-order valence-electron chi connectivity index (χ1n) is 25.0. The third-order valence-electron chi connectivity index (χ3n) is 12.6. The molecule has 1 heterocycles. The third-order valence-corrected chi connectivity index (χ3v) is 17.2. The summed E-state index contributed by atoms with van der Waals surface area (Å²) in [7, 11) is -11.4. The fourth-order valence-electron chi connectivity index (χ4n) is 8.77. The van der Waals surface area contributed by atoms with Crippen LogP contribution in [0.25, 0.3) is 33.4 Å². The van der Waals surface area contributed by atoms with Crippen molar-refractivity contribution in [2.45, 2.75) is 101 Å². The highest BCUT2D eigenvalue weighted by molar-refractivity contribution is 8.04. The van der Waals surface area contributed by atoms with Gasteiger partial charge in [0.05, 0.1) is 27.4 Å². The summed E-state index contributed by atoms with van der Waals surface area (Å²) in [6.07, 6.45) is -1.02. The molecular formula is C58H60F4N4O9S3. The number of ether oxygens (including phenoxy) is 2. The van der Waals surface area contributed by atoms with Crippen LogP contribution in [-0.2, 0) is 34.3 Å². The molecule has 20 heteroatoms. The number of hydrogen-bond acceptors (Lipinski definition) is 12. The van der Waals surface area contributed by atoms with Crippen molar-refractivity contribution in [2.75, 3.05) is 30.8 Å². The van der Waals surface area contributed by atoms with Gasteiger partial charge in [0.15, 0.2) is 28.2 Å². The molecule has 0 aromatic heterocycles. The smallest absolute Gasteiger partial charge is 0.407 e. The minimum absolute atomic E-state index is 0.0666. The van der Waals surface area contributed by atoms with Gasteiger partial charge in [-0.05, 0) is 83.2 Å². The normalized spacial score (nSPS) is 12.3. The number of esters is 1. The number of fused-ring (bicyclic) bond motifs is 2. The van der Waals surface area contributed by atoms with Gasteiger partial charge in [0.1, 0.15) is 24.6 Å². The number of carbonyl (C=O) groups is 2. The number of hydrogen-bond donors (Lipinski definition) is 3. The molecule has 0 atom stereocenters. The Bertz CT molecular complexity index is 3650. The summed E-state index contributed by atoms with van der Waals surface area (Å²) in [4.78, 5) is 24.4. The van der Waals surface area contributed by atoms with Crippen LogP contribution >= 0.6 is 11.8 Å². The number of thioether (sulfide) groups is 1. The second-order valence-electron chi connectivity index (χ2n) is 19.6. The lowest BCUT2D eigenvalue weighted by Gasteiger charge is -2.22. The van der Waals surface area contributed by atoms with Crippen LogP contribution < -0.4 is 20.1 Å². The van der Waals surface area contributed by atoms with Crippen molar-refractivity contribution in [1.82, 2.24) is 9.44 Å². The largest absolute Gasteiger partial charge is 0.460 e. The molecule has 0 radical (unpaired) electrons. The zero-order valence-electron chi connectivity index (χ0n) is 44.4. The molecular weight excluding hydrogens is 1070 g/mol. The van der Waals surface area contributed by atoms with E-state index in [4.69, 9.17) is 18.9 Å². The second-order valence-corrected chi connectivity index (χ2v) is 24.3. The topological polar surface area (TPSA) is 182 Å². The summed E-state index contributed by atoms with van der Waals surface area (Å²) < 4.78 is 137. The Balaban J connectivity index is 1.29. The first-order chi connectivity index (χ1) is 36.8. The van der Waals surface area contributed by atoms with E-state index in [2.05, 4.69) is 84.7 Å². The molecule has 412 valence electrons. The Morgan fingerprint density at radius 3 is 1.86 bits per heavy atom. The molecule has 7 rings (SSSR count). The van der Waals surface area contributed by atoms with Crippen LogP contribution in [0.3, 0.4) is 0 Å².